The maximum absolute atomic E-state index is 13.7. The third-order valence-electron chi connectivity index (χ3n) is 4.60. The summed E-state index contributed by atoms with van der Waals surface area (Å²) in [5.41, 5.74) is 5.81. The molecule has 0 unspecified atom stereocenters. The normalized spacial score (nSPS) is 18.2. The van der Waals surface area contributed by atoms with E-state index in [1.54, 1.807) is 0 Å². The molecule has 20 heavy (non-hydrogen) atoms. The Morgan fingerprint density at radius 3 is 2.10 bits per heavy atom. The molecule has 4 heteroatoms. The summed E-state index contributed by atoms with van der Waals surface area (Å²) in [6.07, 6.45) is 7.65. The van der Waals surface area contributed by atoms with Crippen LogP contribution in [0.2, 0.25) is 0 Å². The van der Waals surface area contributed by atoms with E-state index < -0.39 is 17.5 Å². The predicted molar refractivity (Wildman–Crippen MR) is 73.8 cm³/mol. The third kappa shape index (κ3) is 3.54. The van der Waals surface area contributed by atoms with Crippen molar-refractivity contribution < 1.29 is 13.2 Å². The maximum Gasteiger partial charge on any atom is 0.132 e. The first-order valence-corrected chi connectivity index (χ1v) is 7.40. The van der Waals surface area contributed by atoms with E-state index in [9.17, 15) is 13.2 Å². The van der Waals surface area contributed by atoms with Crippen molar-refractivity contribution >= 4 is 0 Å². The smallest absolute Gasteiger partial charge is 0.132 e. The Balaban J connectivity index is 2.09. The second kappa shape index (κ2) is 6.61. The lowest BCUT2D eigenvalue weighted by Crippen LogP contribution is -2.28. The highest BCUT2D eigenvalue weighted by atomic mass is 19.1. The summed E-state index contributed by atoms with van der Waals surface area (Å²) in [5, 5.41) is 0. The average molecular weight is 285 g/mol. The largest absolute Gasteiger partial charge is 0.330 e. The van der Waals surface area contributed by atoms with Crippen LogP contribution in [0.4, 0.5) is 13.2 Å². The van der Waals surface area contributed by atoms with Crippen LogP contribution in [0.1, 0.15) is 50.5 Å². The van der Waals surface area contributed by atoms with Gasteiger partial charge in [-0.3, -0.25) is 0 Å². The molecule has 0 atom stereocenters. The Labute approximate surface area is 118 Å². The lowest BCUT2D eigenvalue weighted by Gasteiger charge is -2.37. The van der Waals surface area contributed by atoms with Gasteiger partial charge in [0.05, 0.1) is 0 Å². The number of nitrogens with two attached hydrogens (primary N) is 1. The molecule has 2 rings (SSSR count). The molecule has 0 spiro atoms. The van der Waals surface area contributed by atoms with Gasteiger partial charge in [0.25, 0.3) is 0 Å². The minimum absolute atomic E-state index is 0.00775. The average Bonchev–Trinajstić information content (AvgIpc) is 2.39. The molecule has 0 bridgehead atoms. The van der Waals surface area contributed by atoms with Gasteiger partial charge in [-0.15, -0.1) is 0 Å². The van der Waals surface area contributed by atoms with Gasteiger partial charge in [0.2, 0.25) is 0 Å². The molecule has 1 saturated carbocycles. The summed E-state index contributed by atoms with van der Waals surface area (Å²) in [5.74, 6) is -2.42. The minimum Gasteiger partial charge on any atom is -0.330 e. The number of benzene rings is 1. The van der Waals surface area contributed by atoms with Crippen LogP contribution in [0.3, 0.4) is 0 Å². The summed E-state index contributed by atoms with van der Waals surface area (Å²) in [6, 6.07) is 1.52. The van der Waals surface area contributed by atoms with E-state index >= 15 is 0 Å². The summed E-state index contributed by atoms with van der Waals surface area (Å²) in [4.78, 5) is 0. The van der Waals surface area contributed by atoms with Crippen molar-refractivity contribution in [2.45, 2.75) is 51.4 Å². The van der Waals surface area contributed by atoms with Gasteiger partial charge in [0.1, 0.15) is 17.5 Å². The van der Waals surface area contributed by atoms with Crippen molar-refractivity contribution in [1.29, 1.82) is 0 Å². The maximum atomic E-state index is 13.7. The molecular formula is C16H22F3N. The molecule has 0 heterocycles. The third-order valence-corrected chi connectivity index (χ3v) is 4.60. The van der Waals surface area contributed by atoms with Crippen molar-refractivity contribution in [3.63, 3.8) is 0 Å². The van der Waals surface area contributed by atoms with Gasteiger partial charge >= 0.3 is 0 Å². The molecule has 0 radical (unpaired) electrons. The van der Waals surface area contributed by atoms with E-state index in [1.807, 2.05) is 0 Å². The molecule has 0 aromatic heterocycles. The summed E-state index contributed by atoms with van der Waals surface area (Å²) in [7, 11) is 0. The Kier molecular flexibility index (Phi) is 5.08. The Morgan fingerprint density at radius 1 is 0.950 bits per heavy atom. The van der Waals surface area contributed by atoms with E-state index in [2.05, 4.69) is 0 Å². The van der Waals surface area contributed by atoms with Gasteiger partial charge in [-0.05, 0) is 44.1 Å². The van der Waals surface area contributed by atoms with Gasteiger partial charge in [-0.25, -0.2) is 13.2 Å². The summed E-state index contributed by atoms with van der Waals surface area (Å²) < 4.78 is 40.2. The van der Waals surface area contributed by atoms with Crippen LogP contribution < -0.4 is 5.73 Å². The molecule has 1 aliphatic rings. The second-order valence-corrected chi connectivity index (χ2v) is 5.95. The zero-order valence-electron chi connectivity index (χ0n) is 11.7. The fourth-order valence-corrected chi connectivity index (χ4v) is 3.43. The molecule has 1 fully saturated rings. The van der Waals surface area contributed by atoms with Crippen molar-refractivity contribution in [2.75, 3.05) is 6.54 Å². The number of halogens is 3. The molecule has 112 valence electrons. The van der Waals surface area contributed by atoms with Crippen molar-refractivity contribution in [2.24, 2.45) is 11.1 Å². The first-order chi connectivity index (χ1) is 9.56. The molecule has 0 amide bonds. The van der Waals surface area contributed by atoms with E-state index in [1.165, 1.54) is 6.42 Å². The van der Waals surface area contributed by atoms with Gasteiger partial charge in [0, 0.05) is 17.7 Å². The molecule has 2 N–H and O–H groups in total. The zero-order chi connectivity index (χ0) is 14.6. The second-order valence-electron chi connectivity index (χ2n) is 5.95. The molecule has 1 aliphatic carbocycles. The van der Waals surface area contributed by atoms with Crippen LogP contribution in [0.15, 0.2) is 12.1 Å². The monoisotopic (exact) mass is 285 g/mol. The number of hydrogen-bond donors (Lipinski definition) is 1. The SMILES string of the molecule is NCCC1(CCc2c(F)cc(F)cc2F)CCCCC1. The Hall–Kier alpha value is -1.03. The lowest BCUT2D eigenvalue weighted by atomic mass is 9.68. The Morgan fingerprint density at radius 2 is 1.55 bits per heavy atom. The van der Waals surface area contributed by atoms with Crippen LogP contribution in [-0.2, 0) is 6.42 Å². The molecule has 0 aliphatic heterocycles. The molecule has 1 aromatic rings. The molecule has 1 nitrogen and oxygen atoms in total. The highest BCUT2D eigenvalue weighted by Crippen LogP contribution is 2.43. The van der Waals surface area contributed by atoms with Crippen LogP contribution in [0.5, 0.6) is 0 Å². The van der Waals surface area contributed by atoms with E-state index in [0.717, 1.165) is 50.7 Å². The van der Waals surface area contributed by atoms with Crippen molar-refractivity contribution in [3.05, 3.63) is 35.1 Å². The van der Waals surface area contributed by atoms with E-state index in [-0.39, 0.29) is 11.0 Å². The highest BCUT2D eigenvalue weighted by molar-refractivity contribution is 5.21. The van der Waals surface area contributed by atoms with Crippen LogP contribution >= 0.6 is 0 Å². The predicted octanol–water partition coefficient (Wildman–Crippen LogP) is 4.34. The van der Waals surface area contributed by atoms with Crippen LogP contribution in [0, 0.1) is 22.9 Å². The first-order valence-electron chi connectivity index (χ1n) is 7.40. The fraction of sp³-hybridized carbons (Fsp3) is 0.625. The van der Waals surface area contributed by atoms with Crippen molar-refractivity contribution in [1.82, 2.24) is 0 Å². The van der Waals surface area contributed by atoms with E-state index in [0.29, 0.717) is 13.0 Å². The Bertz CT molecular complexity index is 425. The van der Waals surface area contributed by atoms with Crippen molar-refractivity contribution in [3.8, 4) is 0 Å². The highest BCUT2D eigenvalue weighted by Gasteiger charge is 2.31. The lowest BCUT2D eigenvalue weighted by molar-refractivity contribution is 0.160. The van der Waals surface area contributed by atoms with Crippen LogP contribution in [-0.4, -0.2) is 6.54 Å². The molecule has 1 aromatic carbocycles. The van der Waals surface area contributed by atoms with E-state index in [4.69, 9.17) is 5.73 Å². The number of hydrogen-bond acceptors (Lipinski definition) is 1. The number of rotatable bonds is 5. The standard InChI is InChI=1S/C16H22F3N/c17-12-10-14(18)13(15(19)11-12)4-7-16(8-9-20)5-2-1-3-6-16/h10-11H,1-9,20H2. The molecule has 0 saturated heterocycles. The quantitative estimate of drug-likeness (QED) is 0.856. The van der Waals surface area contributed by atoms with Gasteiger partial charge in [0.15, 0.2) is 0 Å². The zero-order valence-corrected chi connectivity index (χ0v) is 11.7. The first kappa shape index (κ1) is 15.4. The minimum atomic E-state index is -0.863. The van der Waals surface area contributed by atoms with Gasteiger partial charge in [-0.2, -0.15) is 0 Å². The molecular weight excluding hydrogens is 263 g/mol. The van der Waals surface area contributed by atoms with Gasteiger partial charge < -0.3 is 5.73 Å². The fourth-order valence-electron chi connectivity index (χ4n) is 3.43. The van der Waals surface area contributed by atoms with Crippen LogP contribution in [0.25, 0.3) is 0 Å². The topological polar surface area (TPSA) is 26.0 Å². The van der Waals surface area contributed by atoms with Gasteiger partial charge in [-0.1, -0.05) is 19.3 Å². The summed E-state index contributed by atoms with van der Waals surface area (Å²) >= 11 is 0. The summed E-state index contributed by atoms with van der Waals surface area (Å²) in [6.45, 7) is 0.606.